The van der Waals surface area contributed by atoms with Crippen molar-refractivity contribution < 1.29 is 0 Å². The minimum absolute atomic E-state index is 0.473. The predicted molar refractivity (Wildman–Crippen MR) is 76.6 cm³/mol. The van der Waals surface area contributed by atoms with E-state index in [1.165, 1.54) is 22.4 Å². The average molecular weight is 240 g/mol. The predicted octanol–water partition coefficient (Wildman–Crippen LogP) is 4.29. The number of aromatic amines is 1. The van der Waals surface area contributed by atoms with Gasteiger partial charge in [-0.15, -0.1) is 0 Å². The molecule has 2 heteroatoms. The number of allylic oxidation sites excluding steroid dienone is 1. The van der Waals surface area contributed by atoms with E-state index in [0.29, 0.717) is 5.92 Å². The monoisotopic (exact) mass is 240 g/mol. The fourth-order valence-corrected chi connectivity index (χ4v) is 2.09. The Hall–Kier alpha value is -1.83. The van der Waals surface area contributed by atoms with Crippen molar-refractivity contribution in [2.75, 3.05) is 0 Å². The molecule has 1 heterocycles. The minimum atomic E-state index is 0.473. The normalized spacial score (nSPS) is 12.2. The standard InChI is InChI=1S/C16H20N2/c1-5-13(14-9-7-6-8-12(14)4)16-10-15(11(2)3)17-18-16/h5-11H,1-4H3,(H,17,18)/b13-5+. The summed E-state index contributed by atoms with van der Waals surface area (Å²) in [5.74, 6) is 0.473. The van der Waals surface area contributed by atoms with Gasteiger partial charge in [-0.3, -0.25) is 5.10 Å². The van der Waals surface area contributed by atoms with E-state index in [2.05, 4.69) is 74.3 Å². The molecule has 1 aromatic heterocycles. The molecule has 0 saturated heterocycles. The molecule has 0 aliphatic rings. The number of nitrogens with one attached hydrogen (secondary N) is 1. The number of benzene rings is 1. The Labute approximate surface area is 109 Å². The maximum atomic E-state index is 4.43. The molecule has 0 fully saturated rings. The second-order valence-corrected chi connectivity index (χ2v) is 4.88. The lowest BCUT2D eigenvalue weighted by Crippen LogP contribution is -1.91. The summed E-state index contributed by atoms with van der Waals surface area (Å²) >= 11 is 0. The molecule has 2 nitrogen and oxygen atoms in total. The van der Waals surface area contributed by atoms with E-state index in [1.54, 1.807) is 0 Å². The number of aromatic nitrogens is 2. The summed E-state index contributed by atoms with van der Waals surface area (Å²) in [4.78, 5) is 0. The molecule has 1 aromatic carbocycles. The lowest BCUT2D eigenvalue weighted by Gasteiger charge is -2.07. The van der Waals surface area contributed by atoms with Crippen LogP contribution in [-0.2, 0) is 0 Å². The van der Waals surface area contributed by atoms with E-state index < -0.39 is 0 Å². The van der Waals surface area contributed by atoms with Gasteiger partial charge in [-0.05, 0) is 37.0 Å². The van der Waals surface area contributed by atoms with Crippen LogP contribution in [0.15, 0.2) is 36.4 Å². The molecule has 2 rings (SSSR count). The zero-order valence-electron chi connectivity index (χ0n) is 11.5. The number of H-pyrrole nitrogens is 1. The number of rotatable bonds is 3. The first-order chi connectivity index (χ1) is 8.63. The Morgan fingerprint density at radius 3 is 2.56 bits per heavy atom. The Bertz CT molecular complexity index is 562. The van der Waals surface area contributed by atoms with E-state index in [0.717, 1.165) is 5.69 Å². The Kier molecular flexibility index (Phi) is 3.66. The summed E-state index contributed by atoms with van der Waals surface area (Å²) in [5, 5.41) is 7.55. The molecule has 0 aliphatic carbocycles. The van der Waals surface area contributed by atoms with Gasteiger partial charge >= 0.3 is 0 Å². The SMILES string of the molecule is C/C=C(/c1cc(C(C)C)[nH]n1)c1ccccc1C. The number of nitrogens with zero attached hydrogens (tertiary/aromatic N) is 1. The van der Waals surface area contributed by atoms with Crippen LogP contribution in [0.4, 0.5) is 0 Å². The number of aryl methyl sites for hydroxylation is 1. The van der Waals surface area contributed by atoms with E-state index in [4.69, 9.17) is 0 Å². The summed E-state index contributed by atoms with van der Waals surface area (Å²) in [6.45, 7) is 8.53. The molecule has 0 spiro atoms. The van der Waals surface area contributed by atoms with E-state index in [1.807, 2.05) is 0 Å². The topological polar surface area (TPSA) is 28.7 Å². The second-order valence-electron chi connectivity index (χ2n) is 4.88. The van der Waals surface area contributed by atoms with Gasteiger partial charge in [0.25, 0.3) is 0 Å². The molecule has 0 atom stereocenters. The third-order valence-corrected chi connectivity index (χ3v) is 3.22. The molecular weight excluding hydrogens is 220 g/mol. The van der Waals surface area contributed by atoms with Crippen molar-refractivity contribution in [1.82, 2.24) is 10.2 Å². The fraction of sp³-hybridized carbons (Fsp3) is 0.312. The molecule has 0 unspecified atom stereocenters. The van der Waals surface area contributed by atoms with Crippen LogP contribution in [0.3, 0.4) is 0 Å². The van der Waals surface area contributed by atoms with Gasteiger partial charge in [0.15, 0.2) is 0 Å². The van der Waals surface area contributed by atoms with E-state index >= 15 is 0 Å². The van der Waals surface area contributed by atoms with Crippen LogP contribution < -0.4 is 0 Å². The molecule has 0 bridgehead atoms. The molecule has 0 saturated carbocycles. The molecular formula is C16H20N2. The van der Waals surface area contributed by atoms with Gasteiger partial charge in [0.1, 0.15) is 0 Å². The van der Waals surface area contributed by atoms with Gasteiger partial charge in [-0.25, -0.2) is 0 Å². The highest BCUT2D eigenvalue weighted by atomic mass is 15.1. The largest absolute Gasteiger partial charge is 0.282 e. The van der Waals surface area contributed by atoms with Crippen LogP contribution in [-0.4, -0.2) is 10.2 Å². The highest BCUT2D eigenvalue weighted by Crippen LogP contribution is 2.26. The van der Waals surface area contributed by atoms with Crippen molar-refractivity contribution in [3.05, 3.63) is 58.9 Å². The molecule has 0 aliphatic heterocycles. The van der Waals surface area contributed by atoms with Crippen LogP contribution >= 0.6 is 0 Å². The first-order valence-electron chi connectivity index (χ1n) is 6.41. The lowest BCUT2D eigenvalue weighted by atomic mass is 9.97. The number of hydrogen-bond acceptors (Lipinski definition) is 1. The molecule has 2 aromatic rings. The van der Waals surface area contributed by atoms with Gasteiger partial charge in [0.05, 0.1) is 5.69 Å². The van der Waals surface area contributed by atoms with Crippen LogP contribution in [0.25, 0.3) is 5.57 Å². The van der Waals surface area contributed by atoms with Gasteiger partial charge < -0.3 is 0 Å². The van der Waals surface area contributed by atoms with Crippen molar-refractivity contribution in [2.45, 2.75) is 33.6 Å². The first-order valence-corrected chi connectivity index (χ1v) is 6.41. The van der Waals surface area contributed by atoms with Gasteiger partial charge in [-0.1, -0.05) is 44.2 Å². The summed E-state index contributed by atoms with van der Waals surface area (Å²) in [7, 11) is 0. The Balaban J connectivity index is 2.43. The van der Waals surface area contributed by atoms with Crippen molar-refractivity contribution in [2.24, 2.45) is 0 Å². The molecule has 94 valence electrons. The lowest BCUT2D eigenvalue weighted by molar-refractivity contribution is 0.810. The van der Waals surface area contributed by atoms with Crippen LogP contribution in [0.5, 0.6) is 0 Å². The zero-order valence-corrected chi connectivity index (χ0v) is 11.5. The zero-order chi connectivity index (χ0) is 13.1. The van der Waals surface area contributed by atoms with E-state index in [-0.39, 0.29) is 0 Å². The van der Waals surface area contributed by atoms with Crippen LogP contribution in [0, 0.1) is 6.92 Å². The fourth-order valence-electron chi connectivity index (χ4n) is 2.09. The molecule has 0 radical (unpaired) electrons. The summed E-state index contributed by atoms with van der Waals surface area (Å²) in [6, 6.07) is 10.6. The Morgan fingerprint density at radius 1 is 1.28 bits per heavy atom. The smallest absolute Gasteiger partial charge is 0.0926 e. The summed E-state index contributed by atoms with van der Waals surface area (Å²) in [6.07, 6.45) is 2.13. The molecule has 0 amide bonds. The van der Waals surface area contributed by atoms with Crippen molar-refractivity contribution in [3.63, 3.8) is 0 Å². The third kappa shape index (κ3) is 2.37. The van der Waals surface area contributed by atoms with Gasteiger partial charge in [0, 0.05) is 11.3 Å². The second kappa shape index (κ2) is 5.21. The maximum absolute atomic E-state index is 4.43. The van der Waals surface area contributed by atoms with Crippen molar-refractivity contribution in [3.8, 4) is 0 Å². The maximum Gasteiger partial charge on any atom is 0.0926 e. The van der Waals surface area contributed by atoms with Crippen LogP contribution in [0.1, 0.15) is 49.2 Å². The van der Waals surface area contributed by atoms with Gasteiger partial charge in [-0.2, -0.15) is 5.10 Å². The van der Waals surface area contributed by atoms with Gasteiger partial charge in [0.2, 0.25) is 0 Å². The molecule has 1 N–H and O–H groups in total. The van der Waals surface area contributed by atoms with Crippen molar-refractivity contribution >= 4 is 5.57 Å². The quantitative estimate of drug-likeness (QED) is 0.851. The molecule has 18 heavy (non-hydrogen) atoms. The van der Waals surface area contributed by atoms with E-state index in [9.17, 15) is 0 Å². The highest BCUT2D eigenvalue weighted by Gasteiger charge is 2.11. The van der Waals surface area contributed by atoms with Crippen molar-refractivity contribution in [1.29, 1.82) is 0 Å². The summed E-state index contributed by atoms with van der Waals surface area (Å²) in [5.41, 5.74) is 5.92. The van der Waals surface area contributed by atoms with Crippen LogP contribution in [0.2, 0.25) is 0 Å². The minimum Gasteiger partial charge on any atom is -0.282 e. The first kappa shape index (κ1) is 12.6. The summed E-state index contributed by atoms with van der Waals surface area (Å²) < 4.78 is 0. The average Bonchev–Trinajstić information content (AvgIpc) is 2.82. The number of hydrogen-bond donors (Lipinski definition) is 1. The third-order valence-electron chi connectivity index (χ3n) is 3.22. The highest BCUT2D eigenvalue weighted by molar-refractivity contribution is 5.79. The Morgan fingerprint density at radius 2 is 2.00 bits per heavy atom.